The van der Waals surface area contributed by atoms with Crippen molar-refractivity contribution in [3.8, 4) is 0 Å². The fourth-order valence-electron chi connectivity index (χ4n) is 3.06. The zero-order chi connectivity index (χ0) is 16.1. The lowest BCUT2D eigenvalue weighted by Gasteiger charge is -2.28. The fraction of sp³-hybridized carbons (Fsp3) is 0.588. The van der Waals surface area contributed by atoms with E-state index in [-0.39, 0.29) is 0 Å². The number of nitrogens with one attached hydrogen (secondary N) is 1. The summed E-state index contributed by atoms with van der Waals surface area (Å²) < 4.78 is 0. The normalized spacial score (nSPS) is 18.2. The molecule has 1 aromatic rings. The van der Waals surface area contributed by atoms with Gasteiger partial charge in [-0.25, -0.2) is 4.79 Å². The lowest BCUT2D eigenvalue weighted by Crippen LogP contribution is -2.32. The van der Waals surface area contributed by atoms with Crippen molar-refractivity contribution in [3.05, 3.63) is 28.3 Å². The van der Waals surface area contributed by atoms with Crippen LogP contribution in [-0.4, -0.2) is 30.8 Å². The summed E-state index contributed by atoms with van der Waals surface area (Å²) in [6, 6.07) is 4.05. The van der Waals surface area contributed by atoms with Gasteiger partial charge < -0.3 is 10.4 Å². The number of nitrogens with zero attached hydrogens (tertiary/aromatic N) is 1. The minimum absolute atomic E-state index is 0.363. The maximum Gasteiger partial charge on any atom is 0.411 e. The molecule has 1 amide bonds. The third kappa shape index (κ3) is 3.73. The number of halogens is 1. The molecule has 4 nitrogen and oxygen atoms in total. The number of hydrogen-bond acceptors (Lipinski definition) is 2. The van der Waals surface area contributed by atoms with E-state index in [1.54, 1.807) is 0 Å². The van der Waals surface area contributed by atoms with Gasteiger partial charge in [-0.2, -0.15) is 0 Å². The highest BCUT2D eigenvalue weighted by molar-refractivity contribution is 6.34. The van der Waals surface area contributed by atoms with E-state index in [0.717, 1.165) is 49.9 Å². The quantitative estimate of drug-likeness (QED) is 0.844. The average Bonchev–Trinajstić information content (AvgIpc) is 2.51. The van der Waals surface area contributed by atoms with Crippen molar-refractivity contribution in [1.82, 2.24) is 5.32 Å². The minimum atomic E-state index is -0.933. The largest absolute Gasteiger partial charge is 0.465 e. The maximum atomic E-state index is 11.7. The van der Waals surface area contributed by atoms with Crippen molar-refractivity contribution < 1.29 is 9.90 Å². The van der Waals surface area contributed by atoms with E-state index >= 15 is 0 Å². The predicted octanol–water partition coefficient (Wildman–Crippen LogP) is 4.40. The van der Waals surface area contributed by atoms with Gasteiger partial charge in [-0.3, -0.25) is 4.90 Å². The Morgan fingerprint density at radius 1 is 1.50 bits per heavy atom. The van der Waals surface area contributed by atoms with Crippen molar-refractivity contribution >= 4 is 23.4 Å². The van der Waals surface area contributed by atoms with E-state index in [9.17, 15) is 9.90 Å². The lowest BCUT2D eigenvalue weighted by atomic mass is 9.90. The summed E-state index contributed by atoms with van der Waals surface area (Å²) in [5.41, 5.74) is 2.64. The van der Waals surface area contributed by atoms with Crippen LogP contribution in [0.2, 0.25) is 5.02 Å². The molecular weight excluding hydrogens is 300 g/mol. The van der Waals surface area contributed by atoms with Crippen molar-refractivity contribution in [3.63, 3.8) is 0 Å². The Hall–Kier alpha value is -1.26. The molecule has 122 valence electrons. The molecule has 1 aromatic carbocycles. The molecule has 1 atom stereocenters. The van der Waals surface area contributed by atoms with Crippen LogP contribution < -0.4 is 10.2 Å². The minimum Gasteiger partial charge on any atom is -0.465 e. The van der Waals surface area contributed by atoms with E-state index in [2.05, 4.69) is 18.3 Å². The highest BCUT2D eigenvalue weighted by Crippen LogP contribution is 2.38. The summed E-state index contributed by atoms with van der Waals surface area (Å²) >= 11 is 6.63. The van der Waals surface area contributed by atoms with Gasteiger partial charge in [0, 0.05) is 13.1 Å². The monoisotopic (exact) mass is 324 g/mol. The molecule has 1 unspecified atom stereocenters. The summed E-state index contributed by atoms with van der Waals surface area (Å²) in [4.78, 5) is 13.1. The Balaban J connectivity index is 2.38. The van der Waals surface area contributed by atoms with Crippen LogP contribution in [0.1, 0.15) is 49.7 Å². The number of aryl methyl sites for hydroxylation is 1. The molecule has 0 aromatic heterocycles. The highest BCUT2D eigenvalue weighted by atomic mass is 35.5. The number of hydrogen-bond donors (Lipinski definition) is 2. The molecular formula is C17H25ClN2O2. The molecule has 22 heavy (non-hydrogen) atoms. The molecule has 1 heterocycles. The van der Waals surface area contributed by atoms with Crippen LogP contribution in [-0.2, 0) is 0 Å². The SMILES string of the molecule is CCCCN(C(=O)O)c1c(C)ccc(C2CCCNC2)c1Cl. The first kappa shape index (κ1) is 17.1. The van der Waals surface area contributed by atoms with Gasteiger partial charge in [0.15, 0.2) is 0 Å². The molecule has 1 aliphatic rings. The summed E-state index contributed by atoms with van der Waals surface area (Å²) in [6.07, 6.45) is 3.07. The van der Waals surface area contributed by atoms with Crippen molar-refractivity contribution in [2.75, 3.05) is 24.5 Å². The number of anilines is 1. The fourth-order valence-corrected chi connectivity index (χ4v) is 3.53. The molecule has 0 saturated carbocycles. The number of piperidine rings is 1. The van der Waals surface area contributed by atoms with Gasteiger partial charge in [-0.1, -0.05) is 37.1 Å². The molecule has 1 fully saturated rings. The Morgan fingerprint density at radius 2 is 2.27 bits per heavy atom. The van der Waals surface area contributed by atoms with E-state index < -0.39 is 6.09 Å². The first-order valence-corrected chi connectivity index (χ1v) is 8.44. The van der Waals surface area contributed by atoms with Crippen LogP contribution in [0.5, 0.6) is 0 Å². The molecule has 0 radical (unpaired) electrons. The number of unbranched alkanes of at least 4 members (excludes halogenated alkanes) is 1. The van der Waals surface area contributed by atoms with E-state index in [4.69, 9.17) is 11.6 Å². The smallest absolute Gasteiger partial charge is 0.411 e. The Labute approximate surface area is 137 Å². The zero-order valence-electron chi connectivity index (χ0n) is 13.4. The van der Waals surface area contributed by atoms with Crippen LogP contribution >= 0.6 is 11.6 Å². The summed E-state index contributed by atoms with van der Waals surface area (Å²) in [5, 5.41) is 13.6. The van der Waals surface area contributed by atoms with Gasteiger partial charge in [-0.15, -0.1) is 0 Å². The molecule has 1 aliphatic heterocycles. The van der Waals surface area contributed by atoms with Crippen molar-refractivity contribution in [1.29, 1.82) is 0 Å². The third-order valence-electron chi connectivity index (χ3n) is 4.32. The molecule has 2 rings (SSSR count). The summed E-state index contributed by atoms with van der Waals surface area (Å²) in [5.74, 6) is 0.363. The van der Waals surface area contributed by atoms with Gasteiger partial charge in [0.25, 0.3) is 0 Å². The average molecular weight is 325 g/mol. The first-order valence-electron chi connectivity index (χ1n) is 8.06. The second kappa shape index (κ2) is 7.84. The van der Waals surface area contributed by atoms with Gasteiger partial charge in [0.2, 0.25) is 0 Å². The van der Waals surface area contributed by atoms with Gasteiger partial charge in [0.05, 0.1) is 10.7 Å². The number of rotatable bonds is 5. The van der Waals surface area contributed by atoms with Gasteiger partial charge in [0.1, 0.15) is 0 Å². The van der Waals surface area contributed by atoms with Crippen LogP contribution in [0, 0.1) is 6.92 Å². The molecule has 1 saturated heterocycles. The lowest BCUT2D eigenvalue weighted by molar-refractivity contribution is 0.201. The molecule has 5 heteroatoms. The Kier molecular flexibility index (Phi) is 6.09. The van der Waals surface area contributed by atoms with E-state index in [0.29, 0.717) is 23.2 Å². The molecule has 0 aliphatic carbocycles. The summed E-state index contributed by atoms with van der Waals surface area (Å²) in [7, 11) is 0. The molecule has 0 spiro atoms. The zero-order valence-corrected chi connectivity index (χ0v) is 14.1. The predicted molar refractivity (Wildman–Crippen MR) is 91.3 cm³/mol. The molecule has 0 bridgehead atoms. The summed E-state index contributed by atoms with van der Waals surface area (Å²) in [6.45, 7) is 6.41. The van der Waals surface area contributed by atoms with Gasteiger partial charge in [-0.05, 0) is 49.8 Å². The number of benzene rings is 1. The van der Waals surface area contributed by atoms with Crippen molar-refractivity contribution in [2.45, 2.75) is 45.4 Å². The Morgan fingerprint density at radius 3 is 2.86 bits per heavy atom. The van der Waals surface area contributed by atoms with Crippen molar-refractivity contribution in [2.24, 2.45) is 0 Å². The third-order valence-corrected chi connectivity index (χ3v) is 4.72. The van der Waals surface area contributed by atoms with E-state index in [1.165, 1.54) is 4.90 Å². The second-order valence-corrected chi connectivity index (χ2v) is 6.34. The second-order valence-electron chi connectivity index (χ2n) is 5.97. The Bertz CT molecular complexity index is 528. The van der Waals surface area contributed by atoms with Crippen LogP contribution in [0.3, 0.4) is 0 Å². The van der Waals surface area contributed by atoms with Gasteiger partial charge >= 0.3 is 6.09 Å². The van der Waals surface area contributed by atoms with Crippen LogP contribution in [0.25, 0.3) is 0 Å². The maximum absolute atomic E-state index is 11.7. The molecule has 2 N–H and O–H groups in total. The standard InChI is InChI=1S/C17H25ClN2O2/c1-3-4-10-20(17(21)22)16-12(2)7-8-14(15(16)18)13-6-5-9-19-11-13/h7-8,13,19H,3-6,9-11H2,1-2H3,(H,21,22). The first-order chi connectivity index (χ1) is 10.6. The topological polar surface area (TPSA) is 52.6 Å². The van der Waals surface area contributed by atoms with Crippen LogP contribution in [0.4, 0.5) is 10.5 Å². The van der Waals surface area contributed by atoms with Crippen LogP contribution in [0.15, 0.2) is 12.1 Å². The van der Waals surface area contributed by atoms with E-state index in [1.807, 2.05) is 13.0 Å². The number of carbonyl (C=O) groups is 1. The number of amides is 1. The highest BCUT2D eigenvalue weighted by Gasteiger charge is 2.25. The number of carboxylic acid groups (broad SMARTS) is 1.